The van der Waals surface area contributed by atoms with Gasteiger partial charge in [0.2, 0.25) is 0 Å². The zero-order valence-electron chi connectivity index (χ0n) is 9.02. The van der Waals surface area contributed by atoms with Crippen LogP contribution in [0.5, 0.6) is 6.01 Å². The van der Waals surface area contributed by atoms with Crippen LogP contribution in [0.4, 0.5) is 0 Å². The van der Waals surface area contributed by atoms with Gasteiger partial charge >= 0.3 is 12.0 Å². The van der Waals surface area contributed by atoms with Gasteiger partial charge in [0, 0.05) is 11.6 Å². The van der Waals surface area contributed by atoms with Gasteiger partial charge in [0.15, 0.2) is 6.61 Å². The van der Waals surface area contributed by atoms with E-state index in [1.807, 2.05) is 20.8 Å². The van der Waals surface area contributed by atoms with Crippen molar-refractivity contribution in [2.45, 2.75) is 26.2 Å². The zero-order chi connectivity index (χ0) is 11.5. The number of carboxylic acid groups (broad SMARTS) is 1. The van der Waals surface area contributed by atoms with E-state index in [9.17, 15) is 4.79 Å². The largest absolute Gasteiger partial charge is 0.479 e. The summed E-state index contributed by atoms with van der Waals surface area (Å²) in [6.45, 7) is 5.61. The Kier molecular flexibility index (Phi) is 3.24. The highest BCUT2D eigenvalue weighted by Crippen LogP contribution is 2.20. The third kappa shape index (κ3) is 3.53. The minimum absolute atomic E-state index is 0.102. The lowest BCUT2D eigenvalue weighted by Crippen LogP contribution is -2.16. The summed E-state index contributed by atoms with van der Waals surface area (Å²) in [7, 11) is 0. The van der Waals surface area contributed by atoms with Gasteiger partial charge in [-0.3, -0.25) is 0 Å². The maximum Gasteiger partial charge on any atom is 0.341 e. The molecule has 0 spiro atoms. The predicted octanol–water partition coefficient (Wildman–Crippen LogP) is 1.24. The number of aliphatic carboxylic acids is 1. The second kappa shape index (κ2) is 4.25. The number of hydrogen-bond acceptors (Lipinski definition) is 4. The minimum atomic E-state index is -1.04. The van der Waals surface area contributed by atoms with E-state index in [2.05, 4.69) is 9.97 Å². The van der Waals surface area contributed by atoms with Crippen molar-refractivity contribution in [1.29, 1.82) is 0 Å². The molecule has 0 fully saturated rings. The van der Waals surface area contributed by atoms with Gasteiger partial charge in [0.25, 0.3) is 0 Å². The van der Waals surface area contributed by atoms with Gasteiger partial charge in [-0.1, -0.05) is 20.8 Å². The van der Waals surface area contributed by atoms with Crippen molar-refractivity contribution in [3.63, 3.8) is 0 Å². The lowest BCUT2D eigenvalue weighted by Gasteiger charge is -2.17. The Morgan fingerprint density at radius 3 is 2.73 bits per heavy atom. The van der Waals surface area contributed by atoms with E-state index in [1.165, 1.54) is 0 Å². The van der Waals surface area contributed by atoms with Gasteiger partial charge in [-0.05, 0) is 6.07 Å². The Balaban J connectivity index is 2.79. The van der Waals surface area contributed by atoms with Crippen molar-refractivity contribution in [3.8, 4) is 6.01 Å². The van der Waals surface area contributed by atoms with Crippen LogP contribution in [0.15, 0.2) is 12.3 Å². The zero-order valence-corrected chi connectivity index (χ0v) is 9.02. The summed E-state index contributed by atoms with van der Waals surface area (Å²) in [6, 6.07) is 1.89. The molecular formula is C10H14N2O3. The van der Waals surface area contributed by atoms with Crippen LogP contribution in [0.1, 0.15) is 26.5 Å². The number of nitrogens with zero attached hydrogens (tertiary/aromatic N) is 2. The fourth-order valence-electron chi connectivity index (χ4n) is 0.954. The fourth-order valence-corrected chi connectivity index (χ4v) is 0.954. The molecular weight excluding hydrogens is 196 g/mol. The molecule has 5 nitrogen and oxygen atoms in total. The SMILES string of the molecule is CC(C)(C)c1ccnc(OCC(=O)O)n1. The van der Waals surface area contributed by atoms with E-state index < -0.39 is 12.6 Å². The van der Waals surface area contributed by atoms with Gasteiger partial charge in [-0.15, -0.1) is 0 Å². The Morgan fingerprint density at radius 2 is 2.20 bits per heavy atom. The molecule has 0 aliphatic heterocycles. The molecule has 5 heteroatoms. The van der Waals surface area contributed by atoms with Gasteiger partial charge in [0.1, 0.15) is 0 Å². The third-order valence-corrected chi connectivity index (χ3v) is 1.73. The topological polar surface area (TPSA) is 72.3 Å². The maximum absolute atomic E-state index is 10.3. The molecule has 1 aromatic heterocycles. The first-order valence-electron chi connectivity index (χ1n) is 4.58. The predicted molar refractivity (Wildman–Crippen MR) is 53.9 cm³/mol. The van der Waals surface area contributed by atoms with E-state index in [0.29, 0.717) is 0 Å². The van der Waals surface area contributed by atoms with E-state index in [-0.39, 0.29) is 11.4 Å². The second-order valence-electron chi connectivity index (χ2n) is 4.16. The molecule has 0 atom stereocenters. The number of carbonyl (C=O) groups is 1. The summed E-state index contributed by atoms with van der Waals surface area (Å²) in [5, 5.41) is 8.42. The monoisotopic (exact) mass is 210 g/mol. The molecule has 0 aliphatic carbocycles. The van der Waals surface area contributed by atoms with Crippen molar-refractivity contribution in [2.24, 2.45) is 0 Å². The molecule has 1 N–H and O–H groups in total. The van der Waals surface area contributed by atoms with Gasteiger partial charge in [-0.25, -0.2) is 9.78 Å². The van der Waals surface area contributed by atoms with Crippen LogP contribution in [0.3, 0.4) is 0 Å². The molecule has 1 heterocycles. The van der Waals surface area contributed by atoms with E-state index in [4.69, 9.17) is 9.84 Å². The smallest absolute Gasteiger partial charge is 0.341 e. The summed E-state index contributed by atoms with van der Waals surface area (Å²) < 4.78 is 4.88. The number of hydrogen-bond donors (Lipinski definition) is 1. The van der Waals surface area contributed by atoms with Crippen LogP contribution in [-0.4, -0.2) is 27.7 Å². The quantitative estimate of drug-likeness (QED) is 0.812. The Bertz CT molecular complexity index is 358. The molecule has 82 valence electrons. The van der Waals surface area contributed by atoms with Gasteiger partial charge in [0.05, 0.1) is 5.69 Å². The normalized spacial score (nSPS) is 11.1. The fraction of sp³-hybridized carbons (Fsp3) is 0.500. The molecule has 0 radical (unpaired) electrons. The average Bonchev–Trinajstić information content (AvgIpc) is 2.14. The van der Waals surface area contributed by atoms with Crippen LogP contribution in [0.25, 0.3) is 0 Å². The van der Waals surface area contributed by atoms with Crippen LogP contribution in [0.2, 0.25) is 0 Å². The first-order chi connectivity index (χ1) is 6.89. The molecule has 0 amide bonds. The van der Waals surface area contributed by atoms with Gasteiger partial charge in [-0.2, -0.15) is 4.98 Å². The summed E-state index contributed by atoms with van der Waals surface area (Å²) in [5.41, 5.74) is 0.711. The summed E-state index contributed by atoms with van der Waals surface area (Å²) in [4.78, 5) is 18.2. The van der Waals surface area contributed by atoms with Gasteiger partial charge < -0.3 is 9.84 Å². The highest BCUT2D eigenvalue weighted by molar-refractivity contribution is 5.68. The number of aromatic nitrogens is 2. The van der Waals surface area contributed by atoms with Crippen molar-refractivity contribution < 1.29 is 14.6 Å². The van der Waals surface area contributed by atoms with Crippen LogP contribution in [0, 0.1) is 0 Å². The number of carboxylic acids is 1. The number of rotatable bonds is 3. The molecule has 0 unspecified atom stereocenters. The molecule has 0 bridgehead atoms. The van der Waals surface area contributed by atoms with Crippen molar-refractivity contribution in [1.82, 2.24) is 9.97 Å². The van der Waals surface area contributed by atoms with Crippen molar-refractivity contribution in [2.75, 3.05) is 6.61 Å². The Hall–Kier alpha value is -1.65. The lowest BCUT2D eigenvalue weighted by atomic mass is 9.92. The van der Waals surface area contributed by atoms with E-state index >= 15 is 0 Å². The molecule has 0 saturated carbocycles. The molecule has 0 aromatic carbocycles. The lowest BCUT2D eigenvalue weighted by molar-refractivity contribution is -0.139. The standard InChI is InChI=1S/C10H14N2O3/c1-10(2,3)7-4-5-11-9(12-7)15-6-8(13)14/h4-5H,6H2,1-3H3,(H,13,14). The molecule has 1 rings (SSSR count). The minimum Gasteiger partial charge on any atom is -0.479 e. The third-order valence-electron chi connectivity index (χ3n) is 1.73. The molecule has 0 saturated heterocycles. The van der Waals surface area contributed by atoms with Crippen LogP contribution < -0.4 is 4.74 Å². The number of ether oxygens (including phenoxy) is 1. The molecule has 15 heavy (non-hydrogen) atoms. The van der Waals surface area contributed by atoms with Crippen molar-refractivity contribution in [3.05, 3.63) is 18.0 Å². The highest BCUT2D eigenvalue weighted by Gasteiger charge is 2.16. The van der Waals surface area contributed by atoms with E-state index in [1.54, 1.807) is 12.3 Å². The Morgan fingerprint density at radius 1 is 1.53 bits per heavy atom. The first-order valence-corrected chi connectivity index (χ1v) is 4.58. The maximum atomic E-state index is 10.3. The summed E-state index contributed by atoms with van der Waals surface area (Å²) in [6.07, 6.45) is 1.56. The highest BCUT2D eigenvalue weighted by atomic mass is 16.5. The molecule has 0 aliphatic rings. The Labute approximate surface area is 88.1 Å². The summed E-state index contributed by atoms with van der Waals surface area (Å²) in [5.74, 6) is -1.04. The second-order valence-corrected chi connectivity index (χ2v) is 4.16. The average molecular weight is 210 g/mol. The van der Waals surface area contributed by atoms with Crippen LogP contribution in [-0.2, 0) is 10.2 Å². The van der Waals surface area contributed by atoms with Crippen LogP contribution >= 0.6 is 0 Å². The summed E-state index contributed by atoms with van der Waals surface area (Å²) >= 11 is 0. The van der Waals surface area contributed by atoms with E-state index in [0.717, 1.165) is 5.69 Å². The van der Waals surface area contributed by atoms with Crippen molar-refractivity contribution >= 4 is 5.97 Å². The first kappa shape index (κ1) is 11.4. The molecule has 1 aromatic rings.